The van der Waals surface area contributed by atoms with E-state index in [-0.39, 0.29) is 28.6 Å². The zero-order valence-electron chi connectivity index (χ0n) is 45.7. The van der Waals surface area contributed by atoms with Gasteiger partial charge >= 0.3 is 0 Å². The van der Waals surface area contributed by atoms with Crippen LogP contribution in [-0.2, 0) is 21.9 Å². The Morgan fingerprint density at radius 1 is 0.395 bits per heavy atom. The second kappa shape index (κ2) is 23.9. The maximum atomic E-state index is 13.0. The van der Waals surface area contributed by atoms with Crippen molar-refractivity contribution in [2.24, 2.45) is 9.98 Å². The molecule has 0 fully saturated rings. The number of phenols is 2. The van der Waals surface area contributed by atoms with Crippen molar-refractivity contribution >= 4 is 61.5 Å². The van der Waals surface area contributed by atoms with Crippen molar-refractivity contribution in [2.75, 3.05) is 0 Å². The molecule has 0 saturated carbocycles. The van der Waals surface area contributed by atoms with Crippen LogP contribution in [0.1, 0.15) is 63.5 Å². The van der Waals surface area contributed by atoms with Crippen LogP contribution in [0.2, 0.25) is 0 Å². The quantitative estimate of drug-likeness (QED) is 0.0994. The van der Waals surface area contributed by atoms with E-state index in [0.29, 0.717) is 11.1 Å². The first-order valence-corrected chi connectivity index (χ1v) is 26.9. The van der Waals surface area contributed by atoms with E-state index in [1.807, 2.05) is 61.0 Å². The molecular weight excluding hydrogens is 1040 g/mol. The zero-order chi connectivity index (χ0) is 55.4. The fraction of sp³-hybridized carbons (Fsp3) is 0.0946. The number of carboxylic acids is 1. The molecule has 2 N–H and O–H groups in total. The number of hydrogen-bond donors (Lipinski definition) is 2. The summed E-state index contributed by atoms with van der Waals surface area (Å²) in [5.41, 5.74) is 15.2. The monoisotopic (exact) mass is 1090 g/mol. The second-order valence-electron chi connectivity index (χ2n) is 20.8. The van der Waals surface area contributed by atoms with E-state index < -0.39 is 18.1 Å². The molecule has 12 aromatic carbocycles. The fourth-order valence-electron chi connectivity index (χ4n) is 11.6. The van der Waals surface area contributed by atoms with Crippen LogP contribution in [-0.4, -0.2) is 28.6 Å². The molecule has 0 unspecified atom stereocenters. The maximum Gasteiger partial charge on any atom is 0.132 e. The van der Waals surface area contributed by atoms with Gasteiger partial charge in [0.1, 0.15) is 23.6 Å². The van der Waals surface area contributed by atoms with Gasteiger partial charge in [0.15, 0.2) is 0 Å². The van der Waals surface area contributed by atoms with Gasteiger partial charge in [-0.1, -0.05) is 241 Å². The molecule has 6 nitrogen and oxygen atoms in total. The Balaban J connectivity index is 0.00000143. The van der Waals surface area contributed by atoms with Crippen molar-refractivity contribution in [2.45, 2.75) is 46.7 Å². The standard InChI is InChI=1S/C72H56N2O2.C2H4O2.Mn/c1-45-35-46(2)38-55(37-45)69(73-43-57-41-53-25-13-17-29-61(53)67(71(57)75)65-59-27-15-11-23-51(59)31-33-63(65)49-19-7-5-8-20-49)70(56-39-47(3)36-48(4)40-56)74-44-58-42-54-26-14-18-30-62(54)68(72(58)76)66-60-28-16-12-24-52(60)32-34-64(66)50-21-9-6-10-22-50;1-2(3)4;/h5-44,69-70,75-76H,1-4H3;1H3,(H,3,4);/p-1/t69-,70-;;/m1../s1. The minimum atomic E-state index is -1.08. The third kappa shape index (κ3) is 11.4. The predicted molar refractivity (Wildman–Crippen MR) is 331 cm³/mol. The SMILES string of the molecule is CC(=O)[O-].Cc1cc(C)cc([C@@H](N=Cc2cc3ccccc3c(-c3c(-c4ccccc4)ccc4ccccc34)c2O)[C@H](N=Cc2cc3ccccc3c(-c3c(-c4ccccc4)ccc4ccccc34)c2O)c2cc(C)cc(C)c2)c1.[Mn]. The Morgan fingerprint density at radius 2 is 0.691 bits per heavy atom. The van der Waals surface area contributed by atoms with E-state index in [0.717, 1.165) is 128 Å². The van der Waals surface area contributed by atoms with Gasteiger partial charge in [0.05, 0.1) is 0 Å². The molecule has 12 aromatic rings. The largest absolute Gasteiger partial charge is 0.550 e. The number of carbonyl (C=O) groups excluding carboxylic acids is 1. The molecule has 7 heteroatoms. The van der Waals surface area contributed by atoms with Gasteiger partial charge in [0, 0.05) is 68.8 Å². The van der Waals surface area contributed by atoms with Gasteiger partial charge in [-0.2, -0.15) is 0 Å². The first-order chi connectivity index (χ1) is 38.9. The van der Waals surface area contributed by atoms with Gasteiger partial charge in [-0.25, -0.2) is 0 Å². The number of rotatable bonds is 11. The fourth-order valence-corrected chi connectivity index (χ4v) is 11.6. The van der Waals surface area contributed by atoms with Crippen molar-refractivity contribution in [1.82, 2.24) is 0 Å². The normalized spacial score (nSPS) is 12.2. The molecule has 12 rings (SSSR count). The number of aliphatic carboxylic acids is 1. The number of hydrogen-bond acceptors (Lipinski definition) is 6. The van der Waals surface area contributed by atoms with Crippen molar-refractivity contribution in [3.63, 3.8) is 0 Å². The summed E-state index contributed by atoms with van der Waals surface area (Å²) in [7, 11) is 0. The van der Waals surface area contributed by atoms with Crippen LogP contribution >= 0.6 is 0 Å². The van der Waals surface area contributed by atoms with E-state index in [4.69, 9.17) is 19.9 Å². The summed E-state index contributed by atoms with van der Waals surface area (Å²) in [5, 5.41) is 43.0. The van der Waals surface area contributed by atoms with E-state index in [1.165, 1.54) is 0 Å². The molecule has 0 aromatic heterocycles. The molecule has 0 aliphatic heterocycles. The van der Waals surface area contributed by atoms with Gasteiger partial charge in [0.25, 0.3) is 0 Å². The van der Waals surface area contributed by atoms with Crippen LogP contribution in [0.25, 0.3) is 87.6 Å². The Labute approximate surface area is 483 Å². The summed E-state index contributed by atoms with van der Waals surface area (Å²) < 4.78 is 0. The van der Waals surface area contributed by atoms with Crippen LogP contribution in [0.4, 0.5) is 0 Å². The van der Waals surface area contributed by atoms with Crippen molar-refractivity contribution in [3.8, 4) is 56.0 Å². The molecule has 0 bridgehead atoms. The summed E-state index contributed by atoms with van der Waals surface area (Å²) in [6.45, 7) is 9.45. The molecule has 81 heavy (non-hydrogen) atoms. The molecule has 2 atom stereocenters. The molecule has 397 valence electrons. The number of aliphatic imine (C=N–C) groups is 2. The topological polar surface area (TPSA) is 105 Å². The number of benzene rings is 12. The average molecular weight is 1100 g/mol. The Kier molecular flexibility index (Phi) is 16.2. The zero-order valence-corrected chi connectivity index (χ0v) is 46.9. The second-order valence-corrected chi connectivity index (χ2v) is 20.8. The molecule has 1 radical (unpaired) electrons. The number of carbonyl (C=O) groups is 1. The predicted octanol–water partition coefficient (Wildman–Crippen LogP) is 17.4. The van der Waals surface area contributed by atoms with Crippen LogP contribution in [0, 0.1) is 27.7 Å². The van der Waals surface area contributed by atoms with Crippen LogP contribution in [0.3, 0.4) is 0 Å². The van der Waals surface area contributed by atoms with E-state index in [9.17, 15) is 10.2 Å². The molecule has 0 spiro atoms. The summed E-state index contributed by atoms with van der Waals surface area (Å²) in [6.07, 6.45) is 3.70. The number of aryl methyl sites for hydroxylation is 4. The molecule has 0 aliphatic carbocycles. The van der Waals surface area contributed by atoms with E-state index in [1.54, 1.807) is 0 Å². The third-order valence-corrected chi connectivity index (χ3v) is 14.8. The summed E-state index contributed by atoms with van der Waals surface area (Å²) in [4.78, 5) is 20.1. The first-order valence-electron chi connectivity index (χ1n) is 26.9. The average Bonchev–Trinajstić information content (AvgIpc) is 3.56. The Bertz CT molecular complexity index is 4060. The van der Waals surface area contributed by atoms with Crippen molar-refractivity contribution in [1.29, 1.82) is 0 Å². The molecule has 0 amide bonds. The van der Waals surface area contributed by atoms with Gasteiger partial charge < -0.3 is 20.1 Å². The van der Waals surface area contributed by atoms with Crippen LogP contribution in [0.15, 0.2) is 241 Å². The van der Waals surface area contributed by atoms with Gasteiger partial charge in [-0.3, -0.25) is 9.98 Å². The number of phenolic OH excluding ortho intramolecular Hbond substituents is 2. The van der Waals surface area contributed by atoms with Crippen LogP contribution < -0.4 is 5.11 Å². The smallest absolute Gasteiger partial charge is 0.132 e. The van der Waals surface area contributed by atoms with Crippen molar-refractivity contribution in [3.05, 3.63) is 275 Å². The number of carboxylic acid groups (broad SMARTS) is 1. The molecular formula is C74H59MnN2O4-. The van der Waals surface area contributed by atoms with Crippen LogP contribution in [0.5, 0.6) is 11.5 Å². The molecule has 0 saturated heterocycles. The first kappa shape index (κ1) is 54.9. The summed E-state index contributed by atoms with van der Waals surface area (Å²) in [6, 6.07) is 79.0. The molecule has 0 heterocycles. The Morgan fingerprint density at radius 3 is 1.04 bits per heavy atom. The van der Waals surface area contributed by atoms with Crippen molar-refractivity contribution < 1.29 is 37.2 Å². The van der Waals surface area contributed by atoms with Gasteiger partial charge in [-0.15, -0.1) is 0 Å². The number of aromatic hydroxyl groups is 2. The maximum absolute atomic E-state index is 13.0. The molecule has 0 aliphatic rings. The number of fused-ring (bicyclic) bond motifs is 4. The minimum Gasteiger partial charge on any atom is -0.550 e. The Hall–Kier alpha value is -9.39. The van der Waals surface area contributed by atoms with Gasteiger partial charge in [0.2, 0.25) is 0 Å². The number of nitrogens with zero attached hydrogens (tertiary/aromatic N) is 2. The van der Waals surface area contributed by atoms with E-state index in [2.05, 4.69) is 210 Å². The van der Waals surface area contributed by atoms with E-state index >= 15 is 0 Å². The third-order valence-electron chi connectivity index (χ3n) is 14.8. The minimum absolute atomic E-state index is 0. The summed E-state index contributed by atoms with van der Waals surface area (Å²) in [5.74, 6) is -0.780. The summed E-state index contributed by atoms with van der Waals surface area (Å²) >= 11 is 0. The van der Waals surface area contributed by atoms with Gasteiger partial charge in [-0.05, 0) is 123 Å².